The predicted octanol–water partition coefficient (Wildman–Crippen LogP) is 4.65. The van der Waals surface area contributed by atoms with E-state index < -0.39 is 49.3 Å². The van der Waals surface area contributed by atoms with Crippen LogP contribution in [0.3, 0.4) is 0 Å². The third-order valence-corrected chi connectivity index (χ3v) is 12.7. The molecule has 1 fully saturated rings. The van der Waals surface area contributed by atoms with Gasteiger partial charge in [-0.3, -0.25) is 0 Å². The Labute approximate surface area is 284 Å². The predicted molar refractivity (Wildman–Crippen MR) is 190 cm³/mol. The van der Waals surface area contributed by atoms with Crippen molar-refractivity contribution in [3.05, 3.63) is 127 Å². The maximum Gasteiger partial charge on any atom is 0.268 e. The highest BCUT2D eigenvalue weighted by Gasteiger charge is 2.41. The first kappa shape index (κ1) is 34.3. The van der Waals surface area contributed by atoms with Crippen molar-refractivity contribution < 1.29 is 32.2 Å². The van der Waals surface area contributed by atoms with E-state index in [0.717, 1.165) is 21.3 Å². The zero-order chi connectivity index (χ0) is 33.7. The van der Waals surface area contributed by atoms with Crippen molar-refractivity contribution in [1.29, 1.82) is 0 Å². The number of nitrogens with zero attached hydrogens (tertiary/aromatic N) is 1. The van der Waals surface area contributed by atoms with E-state index in [1.807, 2.05) is 81.4 Å². The van der Waals surface area contributed by atoms with Gasteiger partial charge in [-0.15, -0.1) is 0 Å². The maximum atomic E-state index is 13.6. The van der Waals surface area contributed by atoms with E-state index in [1.54, 1.807) is 36.5 Å². The van der Waals surface area contributed by atoms with E-state index in [-0.39, 0.29) is 18.1 Å². The third kappa shape index (κ3) is 7.98. The molecule has 1 N–H and O–H groups in total. The maximum absolute atomic E-state index is 13.6. The number of benzene rings is 4. The number of hydrogen-bond acceptors (Lipinski definition) is 7. The summed E-state index contributed by atoms with van der Waals surface area (Å²) in [4.78, 5) is 0.224. The standard InChI is InChI=1S/C38H43NO7SSi/c1-38(2,3)44-27-36-34(40)25-35(46-48(30-17-9-5-10-18-30)31-19-11-6-12-20-31)37(45-36)43-24-23-28-26-39(33-22-14-13-21-32(28)33)47(41,42)29-15-7-4-8-16-29/h4-22,26,34-37,40,48H,23-25,27H2,1-3H3/t34-,35-,36-,37-/m1/s1. The van der Waals surface area contributed by atoms with Gasteiger partial charge >= 0.3 is 0 Å². The Morgan fingerprint density at radius 1 is 0.854 bits per heavy atom. The molecule has 6 rings (SSSR count). The Morgan fingerprint density at radius 2 is 1.44 bits per heavy atom. The zero-order valence-corrected chi connectivity index (χ0v) is 29.5. The van der Waals surface area contributed by atoms with Gasteiger partial charge in [0.25, 0.3) is 10.0 Å². The molecule has 4 aromatic carbocycles. The van der Waals surface area contributed by atoms with Crippen LogP contribution < -0.4 is 10.4 Å². The lowest BCUT2D eigenvalue weighted by Gasteiger charge is -2.41. The van der Waals surface area contributed by atoms with Crippen molar-refractivity contribution in [2.24, 2.45) is 0 Å². The number of rotatable bonds is 12. The molecule has 10 heteroatoms. The van der Waals surface area contributed by atoms with Gasteiger partial charge in [0.2, 0.25) is 9.04 Å². The average molecular weight is 686 g/mol. The highest BCUT2D eigenvalue weighted by molar-refractivity contribution is 7.90. The van der Waals surface area contributed by atoms with Gasteiger partial charge in [0, 0.05) is 18.0 Å². The van der Waals surface area contributed by atoms with Crippen molar-refractivity contribution in [3.63, 3.8) is 0 Å². The molecular formula is C38H43NO7SSi. The molecule has 1 aliphatic rings. The van der Waals surface area contributed by atoms with Crippen LogP contribution in [-0.4, -0.2) is 70.0 Å². The van der Waals surface area contributed by atoms with Crippen LogP contribution in [0.1, 0.15) is 32.8 Å². The second kappa shape index (κ2) is 14.9. The molecule has 0 radical (unpaired) electrons. The lowest BCUT2D eigenvalue weighted by atomic mass is 10.0. The average Bonchev–Trinajstić information content (AvgIpc) is 3.47. The molecule has 0 spiro atoms. The number of fused-ring (bicyclic) bond motifs is 1. The summed E-state index contributed by atoms with van der Waals surface area (Å²) in [5, 5.41) is 14.3. The topological polar surface area (TPSA) is 96.2 Å². The van der Waals surface area contributed by atoms with E-state index in [2.05, 4.69) is 24.3 Å². The van der Waals surface area contributed by atoms with Crippen molar-refractivity contribution in [2.45, 2.75) is 68.7 Å². The van der Waals surface area contributed by atoms with Crippen LogP contribution in [0.25, 0.3) is 10.9 Å². The SMILES string of the molecule is CC(C)(C)OC[C@H]1O[C@@H](OCCc2cn(S(=O)(=O)c3ccccc3)c3ccccc23)[C@H](O[SiH](c2ccccc2)c2ccccc2)C[C@H]1O. The quantitative estimate of drug-likeness (QED) is 0.191. The Morgan fingerprint density at radius 3 is 2.06 bits per heavy atom. The second-order valence-electron chi connectivity index (χ2n) is 13.1. The number of aliphatic hydroxyl groups excluding tert-OH is 1. The molecule has 4 atom stereocenters. The Kier molecular flexibility index (Phi) is 10.6. The fourth-order valence-electron chi connectivity index (χ4n) is 5.99. The minimum atomic E-state index is -3.80. The van der Waals surface area contributed by atoms with Crippen molar-refractivity contribution in [3.8, 4) is 0 Å². The highest BCUT2D eigenvalue weighted by Crippen LogP contribution is 2.29. The minimum absolute atomic E-state index is 0.209. The fraction of sp³-hybridized carbons (Fsp3) is 0.316. The number of para-hydroxylation sites is 1. The summed E-state index contributed by atoms with van der Waals surface area (Å²) < 4.78 is 54.4. The third-order valence-electron chi connectivity index (χ3n) is 8.43. The molecule has 0 amide bonds. The van der Waals surface area contributed by atoms with Gasteiger partial charge in [-0.25, -0.2) is 12.4 Å². The largest absolute Gasteiger partial charge is 0.403 e. The molecule has 0 aliphatic carbocycles. The Bertz CT molecular complexity index is 1840. The van der Waals surface area contributed by atoms with Gasteiger partial charge in [0.1, 0.15) is 6.10 Å². The van der Waals surface area contributed by atoms with Gasteiger partial charge in [0.15, 0.2) is 6.29 Å². The van der Waals surface area contributed by atoms with Crippen LogP contribution in [0, 0.1) is 0 Å². The molecule has 48 heavy (non-hydrogen) atoms. The van der Waals surface area contributed by atoms with E-state index in [9.17, 15) is 13.5 Å². The number of aliphatic hydroxyl groups is 1. The van der Waals surface area contributed by atoms with Gasteiger partial charge in [-0.05, 0) is 61.3 Å². The van der Waals surface area contributed by atoms with Crippen LogP contribution in [0.15, 0.2) is 126 Å². The molecule has 0 saturated carbocycles. The summed E-state index contributed by atoms with van der Waals surface area (Å²) in [5.74, 6) is 0. The number of hydrogen-bond donors (Lipinski definition) is 1. The van der Waals surface area contributed by atoms with E-state index in [4.69, 9.17) is 18.6 Å². The van der Waals surface area contributed by atoms with Gasteiger partial charge in [-0.2, -0.15) is 0 Å². The number of ether oxygens (including phenoxy) is 3. The molecule has 0 unspecified atom stereocenters. The lowest BCUT2D eigenvalue weighted by molar-refractivity contribution is -0.271. The summed E-state index contributed by atoms with van der Waals surface area (Å²) >= 11 is 0. The molecule has 1 aromatic heterocycles. The van der Waals surface area contributed by atoms with Gasteiger partial charge in [0.05, 0.1) is 41.4 Å². The second-order valence-corrected chi connectivity index (χ2v) is 17.2. The monoisotopic (exact) mass is 685 g/mol. The van der Waals surface area contributed by atoms with Crippen molar-refractivity contribution in [1.82, 2.24) is 3.97 Å². The molecule has 0 bridgehead atoms. The summed E-state index contributed by atoms with van der Waals surface area (Å²) in [6.45, 7) is 6.35. The summed E-state index contributed by atoms with van der Waals surface area (Å²) in [6.07, 6.45) is -0.271. The van der Waals surface area contributed by atoms with Crippen LogP contribution in [0.5, 0.6) is 0 Å². The van der Waals surface area contributed by atoms with Crippen LogP contribution >= 0.6 is 0 Å². The summed E-state index contributed by atoms with van der Waals surface area (Å²) in [5.41, 5.74) is 1.04. The molecule has 8 nitrogen and oxygen atoms in total. The Hall–Kier alpha value is -3.61. The van der Waals surface area contributed by atoms with Gasteiger partial charge < -0.3 is 23.7 Å². The molecule has 252 valence electrons. The van der Waals surface area contributed by atoms with E-state index in [1.165, 1.54) is 3.97 Å². The Balaban J connectivity index is 1.25. The van der Waals surface area contributed by atoms with Gasteiger partial charge in [-0.1, -0.05) is 97.1 Å². The van der Waals surface area contributed by atoms with Crippen LogP contribution in [-0.2, 0) is 35.1 Å². The summed E-state index contributed by atoms with van der Waals surface area (Å²) in [7, 11) is -6.00. The van der Waals surface area contributed by atoms with Crippen LogP contribution in [0.4, 0.5) is 0 Å². The van der Waals surface area contributed by atoms with Crippen molar-refractivity contribution in [2.75, 3.05) is 13.2 Å². The first-order valence-electron chi connectivity index (χ1n) is 16.3. The smallest absolute Gasteiger partial charge is 0.268 e. The molecular weight excluding hydrogens is 643 g/mol. The molecule has 1 aliphatic heterocycles. The highest BCUT2D eigenvalue weighted by atomic mass is 32.2. The van der Waals surface area contributed by atoms with Crippen molar-refractivity contribution >= 4 is 40.3 Å². The minimum Gasteiger partial charge on any atom is -0.403 e. The van der Waals surface area contributed by atoms with Crippen LogP contribution in [0.2, 0.25) is 0 Å². The van der Waals surface area contributed by atoms with E-state index in [0.29, 0.717) is 18.4 Å². The summed E-state index contributed by atoms with van der Waals surface area (Å²) in [6, 6.07) is 36.3. The van der Waals surface area contributed by atoms with E-state index >= 15 is 0 Å². The first-order valence-corrected chi connectivity index (χ1v) is 19.4. The lowest BCUT2D eigenvalue weighted by Crippen LogP contribution is -2.56. The first-order chi connectivity index (χ1) is 23.1. The fourth-order valence-corrected chi connectivity index (χ4v) is 9.83. The zero-order valence-electron chi connectivity index (χ0n) is 27.5. The number of aromatic nitrogens is 1. The molecule has 2 heterocycles. The normalized spacial score (nSPS) is 20.4. The molecule has 1 saturated heterocycles. The molecule has 5 aromatic rings.